The summed E-state index contributed by atoms with van der Waals surface area (Å²) in [7, 11) is 2.13. The van der Waals surface area contributed by atoms with Gasteiger partial charge in [-0.3, -0.25) is 0 Å². The Balaban J connectivity index is 1.93. The standard InChI is InChI=1S/C18H27NO/c1-15-4-6-17(7-5-15)12-19(3)13-18(14-20)10-8-16(2)9-11-18/h4-7,14,16H,8-13H2,1-3H3. The average Bonchev–Trinajstić information content (AvgIpc) is 2.44. The molecule has 0 saturated heterocycles. The maximum atomic E-state index is 11.6. The van der Waals surface area contributed by atoms with Crippen LogP contribution < -0.4 is 0 Å². The molecule has 0 N–H and O–H groups in total. The Hall–Kier alpha value is -1.15. The van der Waals surface area contributed by atoms with Crippen molar-refractivity contribution in [2.45, 2.75) is 46.1 Å². The average molecular weight is 273 g/mol. The molecule has 1 aromatic carbocycles. The van der Waals surface area contributed by atoms with E-state index in [-0.39, 0.29) is 5.41 Å². The van der Waals surface area contributed by atoms with Crippen molar-refractivity contribution in [2.24, 2.45) is 11.3 Å². The summed E-state index contributed by atoms with van der Waals surface area (Å²) >= 11 is 0. The van der Waals surface area contributed by atoms with Crippen molar-refractivity contribution in [2.75, 3.05) is 13.6 Å². The van der Waals surface area contributed by atoms with Gasteiger partial charge >= 0.3 is 0 Å². The van der Waals surface area contributed by atoms with Gasteiger partial charge in [-0.15, -0.1) is 0 Å². The molecule has 1 aliphatic carbocycles. The summed E-state index contributed by atoms with van der Waals surface area (Å²) in [5.74, 6) is 0.783. The molecule has 20 heavy (non-hydrogen) atoms. The van der Waals surface area contributed by atoms with Gasteiger partial charge in [0.05, 0.1) is 0 Å². The first-order valence-corrected chi connectivity index (χ1v) is 7.73. The fourth-order valence-electron chi connectivity index (χ4n) is 3.25. The summed E-state index contributed by atoms with van der Waals surface area (Å²) in [5.41, 5.74) is 2.51. The van der Waals surface area contributed by atoms with Gasteiger partial charge in [-0.2, -0.15) is 0 Å². The largest absolute Gasteiger partial charge is 0.303 e. The Morgan fingerprint density at radius 3 is 2.40 bits per heavy atom. The molecule has 1 aliphatic rings. The summed E-state index contributed by atoms with van der Waals surface area (Å²) in [5, 5.41) is 0. The van der Waals surface area contributed by atoms with E-state index in [2.05, 4.69) is 50.1 Å². The van der Waals surface area contributed by atoms with Crippen LogP contribution in [0.15, 0.2) is 24.3 Å². The van der Waals surface area contributed by atoms with Gasteiger partial charge in [0, 0.05) is 18.5 Å². The van der Waals surface area contributed by atoms with Crippen LogP contribution in [-0.4, -0.2) is 24.8 Å². The quantitative estimate of drug-likeness (QED) is 0.760. The van der Waals surface area contributed by atoms with Crippen LogP contribution >= 0.6 is 0 Å². The van der Waals surface area contributed by atoms with Crippen molar-refractivity contribution in [3.63, 3.8) is 0 Å². The van der Waals surface area contributed by atoms with Crippen molar-refractivity contribution in [1.29, 1.82) is 0 Å². The lowest BCUT2D eigenvalue weighted by Gasteiger charge is -2.37. The summed E-state index contributed by atoms with van der Waals surface area (Å²) in [6, 6.07) is 8.67. The number of carbonyl (C=O) groups excluding carboxylic acids is 1. The molecule has 0 aliphatic heterocycles. The second kappa shape index (κ2) is 6.53. The molecule has 2 heteroatoms. The van der Waals surface area contributed by atoms with Gasteiger partial charge in [-0.05, 0) is 51.1 Å². The lowest BCUT2D eigenvalue weighted by molar-refractivity contribution is -0.119. The molecule has 1 saturated carbocycles. The number of rotatable bonds is 5. The summed E-state index contributed by atoms with van der Waals surface area (Å²) < 4.78 is 0. The number of benzene rings is 1. The predicted octanol–water partition coefficient (Wildman–Crippen LogP) is 3.82. The highest BCUT2D eigenvalue weighted by Gasteiger charge is 2.34. The van der Waals surface area contributed by atoms with Crippen molar-refractivity contribution in [1.82, 2.24) is 4.90 Å². The predicted molar refractivity (Wildman–Crippen MR) is 83.6 cm³/mol. The van der Waals surface area contributed by atoms with E-state index in [4.69, 9.17) is 0 Å². The lowest BCUT2D eigenvalue weighted by atomic mass is 9.71. The Kier molecular flexibility index (Phi) is 4.98. The highest BCUT2D eigenvalue weighted by atomic mass is 16.1. The first kappa shape index (κ1) is 15.2. The maximum absolute atomic E-state index is 11.6. The molecule has 110 valence electrons. The van der Waals surface area contributed by atoms with Crippen LogP contribution in [0.25, 0.3) is 0 Å². The molecule has 2 nitrogen and oxygen atoms in total. The Bertz CT molecular complexity index is 429. The van der Waals surface area contributed by atoms with Crippen molar-refractivity contribution >= 4 is 6.29 Å². The molecule has 0 bridgehead atoms. The number of hydrogen-bond acceptors (Lipinski definition) is 2. The van der Waals surface area contributed by atoms with E-state index < -0.39 is 0 Å². The summed E-state index contributed by atoms with van der Waals surface area (Å²) in [4.78, 5) is 13.9. The van der Waals surface area contributed by atoms with Gasteiger partial charge in [0.2, 0.25) is 0 Å². The number of hydrogen-bond donors (Lipinski definition) is 0. The number of carbonyl (C=O) groups is 1. The molecular weight excluding hydrogens is 246 g/mol. The minimum atomic E-state index is -0.105. The molecule has 0 aromatic heterocycles. The maximum Gasteiger partial charge on any atom is 0.127 e. The third-order valence-corrected chi connectivity index (χ3v) is 4.68. The number of nitrogens with zero attached hydrogens (tertiary/aromatic N) is 1. The Labute approximate surface area is 123 Å². The summed E-state index contributed by atoms with van der Waals surface area (Å²) in [6.45, 7) is 6.21. The van der Waals surface area contributed by atoms with E-state index >= 15 is 0 Å². The van der Waals surface area contributed by atoms with Gasteiger partial charge in [-0.25, -0.2) is 0 Å². The monoisotopic (exact) mass is 273 g/mol. The zero-order valence-corrected chi connectivity index (χ0v) is 13.1. The molecule has 0 radical (unpaired) electrons. The van der Waals surface area contributed by atoms with E-state index in [1.807, 2.05) is 0 Å². The van der Waals surface area contributed by atoms with E-state index in [0.717, 1.165) is 31.8 Å². The topological polar surface area (TPSA) is 20.3 Å². The van der Waals surface area contributed by atoms with Crippen molar-refractivity contribution in [3.05, 3.63) is 35.4 Å². The smallest absolute Gasteiger partial charge is 0.127 e. The van der Waals surface area contributed by atoms with Gasteiger partial charge < -0.3 is 9.69 Å². The van der Waals surface area contributed by atoms with Crippen LogP contribution in [0, 0.1) is 18.3 Å². The molecule has 0 spiro atoms. The van der Waals surface area contributed by atoms with Crippen molar-refractivity contribution < 1.29 is 4.79 Å². The molecule has 1 fully saturated rings. The third kappa shape index (κ3) is 3.92. The Morgan fingerprint density at radius 1 is 1.25 bits per heavy atom. The first-order valence-electron chi connectivity index (χ1n) is 7.73. The second-order valence-corrected chi connectivity index (χ2v) is 6.82. The fourth-order valence-corrected chi connectivity index (χ4v) is 3.25. The molecule has 0 unspecified atom stereocenters. The molecule has 0 amide bonds. The molecule has 1 aromatic rings. The van der Waals surface area contributed by atoms with Crippen molar-refractivity contribution in [3.8, 4) is 0 Å². The van der Waals surface area contributed by atoms with Crippen LogP contribution in [0.3, 0.4) is 0 Å². The zero-order chi connectivity index (χ0) is 14.6. The molecule has 0 heterocycles. The normalized spacial score (nSPS) is 26.7. The number of aldehydes is 1. The van der Waals surface area contributed by atoms with E-state index in [9.17, 15) is 4.79 Å². The zero-order valence-electron chi connectivity index (χ0n) is 13.1. The van der Waals surface area contributed by atoms with Crippen LogP contribution in [0.2, 0.25) is 0 Å². The molecule has 2 rings (SSSR count). The minimum Gasteiger partial charge on any atom is -0.303 e. The van der Waals surface area contributed by atoms with Crippen LogP contribution in [-0.2, 0) is 11.3 Å². The van der Waals surface area contributed by atoms with Gasteiger partial charge in [-0.1, -0.05) is 36.8 Å². The second-order valence-electron chi connectivity index (χ2n) is 6.82. The van der Waals surface area contributed by atoms with Gasteiger partial charge in [0.15, 0.2) is 0 Å². The minimum absolute atomic E-state index is 0.105. The van der Waals surface area contributed by atoms with Crippen LogP contribution in [0.1, 0.15) is 43.7 Å². The van der Waals surface area contributed by atoms with E-state index in [0.29, 0.717) is 0 Å². The fraction of sp³-hybridized carbons (Fsp3) is 0.611. The van der Waals surface area contributed by atoms with Gasteiger partial charge in [0.25, 0.3) is 0 Å². The highest BCUT2D eigenvalue weighted by molar-refractivity contribution is 5.60. The van der Waals surface area contributed by atoms with E-state index in [1.54, 1.807) is 0 Å². The van der Waals surface area contributed by atoms with Crippen LogP contribution in [0.5, 0.6) is 0 Å². The van der Waals surface area contributed by atoms with Gasteiger partial charge in [0.1, 0.15) is 6.29 Å². The van der Waals surface area contributed by atoms with Crippen LogP contribution in [0.4, 0.5) is 0 Å². The SMILES string of the molecule is Cc1ccc(CN(C)CC2(C=O)CCC(C)CC2)cc1. The third-order valence-electron chi connectivity index (χ3n) is 4.68. The number of aryl methyl sites for hydroxylation is 1. The first-order chi connectivity index (χ1) is 9.53. The van der Waals surface area contributed by atoms with E-state index in [1.165, 1.54) is 30.3 Å². The molecule has 0 atom stereocenters. The molecular formula is C18H27NO. The summed E-state index contributed by atoms with van der Waals surface area (Å²) in [6.07, 6.45) is 5.71. The lowest BCUT2D eigenvalue weighted by Crippen LogP contribution is -2.39. The Morgan fingerprint density at radius 2 is 1.85 bits per heavy atom. The highest BCUT2D eigenvalue weighted by Crippen LogP contribution is 2.37.